The molecule has 9 heteroatoms. The lowest BCUT2D eigenvalue weighted by Gasteiger charge is -2.09. The number of carbonyl (C=O) groups excluding carboxylic acids is 1. The van der Waals surface area contributed by atoms with E-state index in [4.69, 9.17) is 20.2 Å². The molecule has 0 aliphatic rings. The summed E-state index contributed by atoms with van der Waals surface area (Å²) in [5.41, 5.74) is 12.4. The number of benzene rings is 3. The number of aromatic nitrogens is 2. The molecule has 198 valence electrons. The van der Waals surface area contributed by atoms with E-state index in [1.807, 2.05) is 90.3 Å². The highest BCUT2D eigenvalue weighted by molar-refractivity contribution is 7.21. The quantitative estimate of drug-likeness (QED) is 0.207. The number of hydrogen-bond acceptors (Lipinski definition) is 8. The maximum atomic E-state index is 13.5. The van der Waals surface area contributed by atoms with E-state index in [9.17, 15) is 4.79 Å². The van der Waals surface area contributed by atoms with Crippen molar-refractivity contribution in [2.45, 2.75) is 0 Å². The fourth-order valence-corrected chi connectivity index (χ4v) is 6.23. The van der Waals surface area contributed by atoms with Gasteiger partial charge in [0.2, 0.25) is 0 Å². The SMILES string of the molecule is COc1ccc(-c2csc(NC(=O)c3sc4nc(-c5ccccc5)cc(-c5ccccc5)c4c3N)n2)cc1OC. The van der Waals surface area contributed by atoms with Crippen LogP contribution in [-0.4, -0.2) is 30.1 Å². The Kier molecular flexibility index (Phi) is 6.90. The van der Waals surface area contributed by atoms with Crippen molar-refractivity contribution in [1.82, 2.24) is 9.97 Å². The van der Waals surface area contributed by atoms with Crippen molar-refractivity contribution in [3.63, 3.8) is 0 Å². The molecule has 0 saturated carbocycles. The Morgan fingerprint density at radius 3 is 2.20 bits per heavy atom. The normalized spacial score (nSPS) is 10.9. The van der Waals surface area contributed by atoms with Crippen molar-refractivity contribution < 1.29 is 14.3 Å². The highest BCUT2D eigenvalue weighted by Gasteiger charge is 2.22. The highest BCUT2D eigenvalue weighted by Crippen LogP contribution is 2.42. The number of nitrogen functional groups attached to an aromatic ring is 1. The summed E-state index contributed by atoms with van der Waals surface area (Å²) in [4.78, 5) is 24.1. The van der Waals surface area contributed by atoms with Gasteiger partial charge in [-0.25, -0.2) is 9.97 Å². The van der Waals surface area contributed by atoms with Crippen LogP contribution in [0.5, 0.6) is 11.5 Å². The van der Waals surface area contributed by atoms with E-state index < -0.39 is 0 Å². The maximum absolute atomic E-state index is 13.5. The topological polar surface area (TPSA) is 99.4 Å². The zero-order valence-electron chi connectivity index (χ0n) is 21.7. The molecular weight excluding hydrogens is 541 g/mol. The Labute approximate surface area is 238 Å². The molecule has 0 spiro atoms. The van der Waals surface area contributed by atoms with Crippen LogP contribution < -0.4 is 20.5 Å². The molecule has 40 heavy (non-hydrogen) atoms. The Hall–Kier alpha value is -4.73. The van der Waals surface area contributed by atoms with Crippen LogP contribution in [0.15, 0.2) is 90.3 Å². The first-order valence-electron chi connectivity index (χ1n) is 12.4. The third kappa shape index (κ3) is 4.76. The largest absolute Gasteiger partial charge is 0.493 e. The molecule has 1 amide bonds. The molecule has 0 atom stereocenters. The van der Waals surface area contributed by atoms with Gasteiger partial charge < -0.3 is 15.2 Å². The minimum Gasteiger partial charge on any atom is -0.493 e. The van der Waals surface area contributed by atoms with Crippen LogP contribution in [0.4, 0.5) is 10.8 Å². The fraction of sp³-hybridized carbons (Fsp3) is 0.0645. The summed E-state index contributed by atoms with van der Waals surface area (Å²) in [6.07, 6.45) is 0. The van der Waals surface area contributed by atoms with Gasteiger partial charge in [-0.3, -0.25) is 10.1 Å². The molecule has 6 aromatic rings. The molecule has 7 nitrogen and oxygen atoms in total. The summed E-state index contributed by atoms with van der Waals surface area (Å²) in [6.45, 7) is 0. The number of fused-ring (bicyclic) bond motifs is 1. The average molecular weight is 565 g/mol. The Morgan fingerprint density at radius 2 is 1.50 bits per heavy atom. The minimum absolute atomic E-state index is 0.325. The molecule has 0 unspecified atom stereocenters. The summed E-state index contributed by atoms with van der Waals surface area (Å²) in [6, 6.07) is 27.6. The van der Waals surface area contributed by atoms with E-state index in [-0.39, 0.29) is 5.91 Å². The lowest BCUT2D eigenvalue weighted by molar-refractivity contribution is 0.103. The van der Waals surface area contributed by atoms with Crippen LogP contribution in [0.2, 0.25) is 0 Å². The minimum atomic E-state index is -0.325. The number of nitrogens with one attached hydrogen (secondary N) is 1. The number of anilines is 2. The van der Waals surface area contributed by atoms with E-state index in [0.29, 0.717) is 37.7 Å². The smallest absolute Gasteiger partial charge is 0.269 e. The third-order valence-electron chi connectivity index (χ3n) is 6.46. The van der Waals surface area contributed by atoms with E-state index >= 15 is 0 Å². The molecule has 0 radical (unpaired) electrons. The van der Waals surface area contributed by atoms with E-state index in [2.05, 4.69) is 10.3 Å². The third-order valence-corrected chi connectivity index (χ3v) is 8.32. The second-order valence-corrected chi connectivity index (χ2v) is 10.7. The molecule has 0 fully saturated rings. The van der Waals surface area contributed by atoms with Gasteiger partial charge in [-0.15, -0.1) is 22.7 Å². The van der Waals surface area contributed by atoms with Crippen LogP contribution in [0.3, 0.4) is 0 Å². The summed E-state index contributed by atoms with van der Waals surface area (Å²) in [5.74, 6) is 0.913. The van der Waals surface area contributed by atoms with Gasteiger partial charge in [0.25, 0.3) is 5.91 Å². The first-order valence-corrected chi connectivity index (χ1v) is 14.1. The van der Waals surface area contributed by atoms with E-state index in [1.165, 1.54) is 22.7 Å². The standard InChI is InChI=1S/C31H24N4O3S2/c1-37-24-14-13-20(15-25(24)38-2)23-17-39-31(34-23)35-29(36)28-27(32)26-21(18-9-5-3-6-10-18)16-22(33-30(26)40-28)19-11-7-4-8-12-19/h3-17H,32H2,1-2H3,(H,34,35,36). The number of amides is 1. The fourth-order valence-electron chi connectivity index (χ4n) is 4.51. The van der Waals surface area contributed by atoms with Crippen LogP contribution in [0.25, 0.3) is 43.9 Å². The number of nitrogens with zero attached hydrogens (tertiary/aromatic N) is 2. The van der Waals surface area contributed by atoms with Crippen LogP contribution >= 0.6 is 22.7 Å². The molecule has 0 bridgehead atoms. The van der Waals surface area contributed by atoms with Crippen molar-refractivity contribution in [3.8, 4) is 45.1 Å². The van der Waals surface area contributed by atoms with Crippen molar-refractivity contribution in [3.05, 3.63) is 95.2 Å². The number of methoxy groups -OCH3 is 2. The summed E-state index contributed by atoms with van der Waals surface area (Å²) >= 11 is 2.62. The van der Waals surface area contributed by atoms with Crippen LogP contribution in [0, 0.1) is 0 Å². The number of rotatable bonds is 7. The molecule has 3 aromatic heterocycles. The summed E-state index contributed by atoms with van der Waals surface area (Å²) in [7, 11) is 3.18. The van der Waals surface area contributed by atoms with E-state index in [0.717, 1.165) is 33.3 Å². The summed E-state index contributed by atoms with van der Waals surface area (Å²) in [5, 5.41) is 6.04. The molecule has 0 aliphatic carbocycles. The average Bonchev–Trinajstić information content (AvgIpc) is 3.61. The first kappa shape index (κ1) is 25.5. The van der Waals surface area contributed by atoms with Crippen LogP contribution in [0.1, 0.15) is 9.67 Å². The number of pyridine rings is 1. The van der Waals surface area contributed by atoms with Gasteiger partial charge in [0.1, 0.15) is 9.71 Å². The number of thiazole rings is 1. The van der Waals surface area contributed by atoms with Crippen molar-refractivity contribution in [2.24, 2.45) is 0 Å². The Balaban J connectivity index is 1.36. The zero-order chi connectivity index (χ0) is 27.6. The molecule has 3 aromatic carbocycles. The molecule has 3 heterocycles. The monoisotopic (exact) mass is 564 g/mol. The first-order chi connectivity index (χ1) is 19.6. The van der Waals surface area contributed by atoms with Gasteiger partial charge in [0.05, 0.1) is 31.3 Å². The molecule has 3 N–H and O–H groups in total. The highest BCUT2D eigenvalue weighted by atomic mass is 32.1. The predicted molar refractivity (Wildman–Crippen MR) is 164 cm³/mol. The van der Waals surface area contributed by atoms with Crippen molar-refractivity contribution in [1.29, 1.82) is 0 Å². The van der Waals surface area contributed by atoms with Gasteiger partial charge in [-0.2, -0.15) is 0 Å². The number of hydrogen-bond donors (Lipinski definition) is 2. The predicted octanol–water partition coefficient (Wildman–Crippen LogP) is 7.61. The number of thiophene rings is 1. The van der Waals surface area contributed by atoms with Gasteiger partial charge in [0, 0.05) is 21.9 Å². The number of nitrogens with two attached hydrogens (primary N) is 1. The second-order valence-electron chi connectivity index (χ2n) is 8.87. The zero-order valence-corrected chi connectivity index (χ0v) is 23.3. The van der Waals surface area contributed by atoms with Gasteiger partial charge >= 0.3 is 0 Å². The van der Waals surface area contributed by atoms with E-state index in [1.54, 1.807) is 14.2 Å². The van der Waals surface area contributed by atoms with Crippen molar-refractivity contribution >= 4 is 49.6 Å². The van der Waals surface area contributed by atoms with Gasteiger partial charge in [0.15, 0.2) is 16.6 Å². The molecular formula is C31H24N4O3S2. The molecule has 6 rings (SSSR count). The van der Waals surface area contributed by atoms with Crippen LogP contribution in [-0.2, 0) is 0 Å². The Morgan fingerprint density at radius 1 is 0.800 bits per heavy atom. The maximum Gasteiger partial charge on any atom is 0.269 e. The number of carbonyl (C=O) groups is 1. The molecule has 0 saturated heterocycles. The summed E-state index contributed by atoms with van der Waals surface area (Å²) < 4.78 is 10.7. The number of ether oxygens (including phenoxy) is 2. The lowest BCUT2D eigenvalue weighted by Crippen LogP contribution is -2.11. The van der Waals surface area contributed by atoms with Gasteiger partial charge in [-0.1, -0.05) is 60.7 Å². The molecule has 0 aliphatic heterocycles. The second kappa shape index (κ2) is 10.8. The Bertz CT molecular complexity index is 1830. The van der Waals surface area contributed by atoms with Gasteiger partial charge in [-0.05, 0) is 35.4 Å². The van der Waals surface area contributed by atoms with Crippen molar-refractivity contribution in [2.75, 3.05) is 25.3 Å². The lowest BCUT2D eigenvalue weighted by atomic mass is 9.99.